The number of aromatic nitrogens is 4. The van der Waals surface area contributed by atoms with Gasteiger partial charge in [0.05, 0.1) is 0 Å². The van der Waals surface area contributed by atoms with E-state index < -0.39 is 5.91 Å². The first-order valence-electron chi connectivity index (χ1n) is 3.89. The Balaban J connectivity index is 2.36. The topological polar surface area (TPSA) is 86.7 Å². The van der Waals surface area contributed by atoms with Crippen molar-refractivity contribution in [1.29, 1.82) is 0 Å². The van der Waals surface area contributed by atoms with Crippen molar-refractivity contribution in [3.8, 4) is 5.82 Å². The van der Waals surface area contributed by atoms with E-state index in [1.807, 2.05) is 0 Å². The molecule has 0 aromatic carbocycles. The van der Waals surface area contributed by atoms with Gasteiger partial charge in [-0.15, -0.1) is 10.2 Å². The standard InChI is InChI=1S/C8H7N5O/c9-8(14)6-1-2-7(12-11-6)13-4-3-10-5-13/h1-5H,(H2,9,14). The summed E-state index contributed by atoms with van der Waals surface area (Å²) in [4.78, 5) is 14.6. The van der Waals surface area contributed by atoms with E-state index in [9.17, 15) is 4.79 Å². The number of primary amides is 1. The van der Waals surface area contributed by atoms with Crippen LogP contribution in [0.15, 0.2) is 30.9 Å². The van der Waals surface area contributed by atoms with Crippen molar-refractivity contribution in [3.05, 3.63) is 36.5 Å². The molecule has 1 amide bonds. The van der Waals surface area contributed by atoms with Crippen LogP contribution in [0.4, 0.5) is 0 Å². The molecule has 2 heterocycles. The molecule has 0 unspecified atom stereocenters. The summed E-state index contributed by atoms with van der Waals surface area (Å²) >= 11 is 0. The quantitative estimate of drug-likeness (QED) is 0.706. The SMILES string of the molecule is NC(=O)c1ccc(-n2ccnc2)nn1. The number of carbonyl (C=O) groups is 1. The molecule has 0 saturated carbocycles. The zero-order valence-electron chi connectivity index (χ0n) is 7.16. The van der Waals surface area contributed by atoms with Crippen molar-refractivity contribution in [3.63, 3.8) is 0 Å². The van der Waals surface area contributed by atoms with Crippen LogP contribution in [0.3, 0.4) is 0 Å². The first kappa shape index (κ1) is 8.36. The number of hydrogen-bond acceptors (Lipinski definition) is 4. The molecule has 0 aliphatic rings. The average molecular weight is 189 g/mol. The van der Waals surface area contributed by atoms with Gasteiger partial charge in [0.2, 0.25) is 0 Å². The van der Waals surface area contributed by atoms with Crippen molar-refractivity contribution in [1.82, 2.24) is 19.7 Å². The summed E-state index contributed by atoms with van der Waals surface area (Å²) in [6.07, 6.45) is 4.95. The number of nitrogens with zero attached hydrogens (tertiary/aromatic N) is 4. The number of amides is 1. The summed E-state index contributed by atoms with van der Waals surface area (Å²) in [7, 11) is 0. The van der Waals surface area contributed by atoms with E-state index >= 15 is 0 Å². The fraction of sp³-hybridized carbons (Fsp3) is 0. The lowest BCUT2D eigenvalue weighted by molar-refractivity contribution is 0.0994. The summed E-state index contributed by atoms with van der Waals surface area (Å²) < 4.78 is 1.68. The highest BCUT2D eigenvalue weighted by molar-refractivity contribution is 5.90. The van der Waals surface area contributed by atoms with Crippen molar-refractivity contribution in [2.24, 2.45) is 5.73 Å². The molecule has 14 heavy (non-hydrogen) atoms. The molecule has 0 saturated heterocycles. The largest absolute Gasteiger partial charge is 0.364 e. The third-order valence-corrected chi connectivity index (χ3v) is 1.67. The third kappa shape index (κ3) is 1.45. The summed E-state index contributed by atoms with van der Waals surface area (Å²) in [5.74, 6) is 0.00202. The molecule has 0 radical (unpaired) electrons. The van der Waals surface area contributed by atoms with Gasteiger partial charge in [0.1, 0.15) is 6.33 Å². The summed E-state index contributed by atoms with van der Waals surface area (Å²) in [6.45, 7) is 0. The Labute approximate surface area is 79.4 Å². The Hall–Kier alpha value is -2.24. The molecule has 0 aliphatic heterocycles. The lowest BCUT2D eigenvalue weighted by Crippen LogP contribution is -2.14. The maximum Gasteiger partial charge on any atom is 0.269 e. The van der Waals surface area contributed by atoms with E-state index in [4.69, 9.17) is 5.73 Å². The molecular formula is C8H7N5O. The van der Waals surface area contributed by atoms with Gasteiger partial charge in [-0.3, -0.25) is 9.36 Å². The minimum absolute atomic E-state index is 0.147. The number of nitrogens with two attached hydrogens (primary N) is 1. The molecule has 6 nitrogen and oxygen atoms in total. The van der Waals surface area contributed by atoms with Crippen molar-refractivity contribution in [2.45, 2.75) is 0 Å². The molecule has 0 atom stereocenters. The van der Waals surface area contributed by atoms with E-state index in [2.05, 4.69) is 15.2 Å². The molecule has 2 aromatic heterocycles. The first-order valence-corrected chi connectivity index (χ1v) is 3.89. The number of rotatable bonds is 2. The van der Waals surface area contributed by atoms with Crippen LogP contribution in [0.25, 0.3) is 5.82 Å². The van der Waals surface area contributed by atoms with E-state index in [0.717, 1.165) is 0 Å². The maximum atomic E-state index is 10.7. The molecule has 2 aromatic rings. The number of carbonyl (C=O) groups excluding carboxylic acids is 1. The predicted octanol–water partition coefficient (Wildman–Crippen LogP) is -0.239. The maximum absolute atomic E-state index is 10.7. The van der Waals surface area contributed by atoms with Gasteiger partial charge in [-0.1, -0.05) is 0 Å². The monoisotopic (exact) mass is 189 g/mol. The van der Waals surface area contributed by atoms with Gasteiger partial charge in [0.15, 0.2) is 11.5 Å². The normalized spacial score (nSPS) is 10.0. The van der Waals surface area contributed by atoms with Crippen LogP contribution in [-0.2, 0) is 0 Å². The average Bonchev–Trinajstić information content (AvgIpc) is 2.71. The summed E-state index contributed by atoms with van der Waals surface area (Å²) in [6, 6.07) is 3.17. The molecule has 0 aliphatic carbocycles. The van der Waals surface area contributed by atoms with Gasteiger partial charge in [0, 0.05) is 12.4 Å². The Bertz CT molecular complexity index is 433. The van der Waals surface area contributed by atoms with E-state index in [0.29, 0.717) is 5.82 Å². The predicted molar refractivity (Wildman–Crippen MR) is 47.7 cm³/mol. The molecule has 6 heteroatoms. The highest BCUT2D eigenvalue weighted by Crippen LogP contribution is 2.01. The van der Waals surface area contributed by atoms with Crippen LogP contribution < -0.4 is 5.73 Å². The van der Waals surface area contributed by atoms with Crippen molar-refractivity contribution >= 4 is 5.91 Å². The van der Waals surface area contributed by atoms with Crippen LogP contribution in [0, 0.1) is 0 Å². The zero-order valence-corrected chi connectivity index (χ0v) is 7.16. The van der Waals surface area contributed by atoms with E-state index in [-0.39, 0.29) is 5.69 Å². The number of imidazole rings is 1. The lowest BCUT2D eigenvalue weighted by atomic mass is 10.4. The van der Waals surface area contributed by atoms with E-state index in [1.54, 1.807) is 29.4 Å². The molecule has 70 valence electrons. The minimum atomic E-state index is -0.588. The van der Waals surface area contributed by atoms with Crippen molar-refractivity contribution in [2.75, 3.05) is 0 Å². The van der Waals surface area contributed by atoms with Crippen LogP contribution >= 0.6 is 0 Å². The molecule has 0 bridgehead atoms. The number of hydrogen-bond donors (Lipinski definition) is 1. The van der Waals surface area contributed by atoms with Gasteiger partial charge in [-0.2, -0.15) is 0 Å². The Kier molecular flexibility index (Phi) is 1.94. The van der Waals surface area contributed by atoms with Crippen LogP contribution in [-0.4, -0.2) is 25.7 Å². The van der Waals surface area contributed by atoms with Gasteiger partial charge in [-0.05, 0) is 12.1 Å². The highest BCUT2D eigenvalue weighted by Gasteiger charge is 2.03. The second-order valence-corrected chi connectivity index (χ2v) is 2.61. The Morgan fingerprint density at radius 2 is 2.21 bits per heavy atom. The first-order chi connectivity index (χ1) is 6.77. The van der Waals surface area contributed by atoms with Gasteiger partial charge in [-0.25, -0.2) is 4.98 Å². The van der Waals surface area contributed by atoms with Gasteiger partial charge >= 0.3 is 0 Å². The van der Waals surface area contributed by atoms with Gasteiger partial charge in [0.25, 0.3) is 5.91 Å². The summed E-state index contributed by atoms with van der Waals surface area (Å²) in [5, 5.41) is 7.48. The fourth-order valence-electron chi connectivity index (χ4n) is 0.989. The molecule has 2 rings (SSSR count). The highest BCUT2D eigenvalue weighted by atomic mass is 16.1. The molecule has 2 N–H and O–H groups in total. The molecule has 0 spiro atoms. The second kappa shape index (κ2) is 3.25. The molecule has 0 fully saturated rings. The minimum Gasteiger partial charge on any atom is -0.364 e. The molecular weight excluding hydrogens is 182 g/mol. The lowest BCUT2D eigenvalue weighted by Gasteiger charge is -1.99. The van der Waals surface area contributed by atoms with Crippen LogP contribution in [0.2, 0.25) is 0 Å². The fourth-order valence-corrected chi connectivity index (χ4v) is 0.989. The smallest absolute Gasteiger partial charge is 0.269 e. The Morgan fingerprint density at radius 3 is 2.71 bits per heavy atom. The third-order valence-electron chi connectivity index (χ3n) is 1.67. The van der Waals surface area contributed by atoms with E-state index in [1.165, 1.54) is 6.07 Å². The second-order valence-electron chi connectivity index (χ2n) is 2.61. The zero-order chi connectivity index (χ0) is 9.97. The van der Waals surface area contributed by atoms with Crippen molar-refractivity contribution < 1.29 is 4.79 Å². The van der Waals surface area contributed by atoms with Crippen LogP contribution in [0.1, 0.15) is 10.5 Å². The van der Waals surface area contributed by atoms with Crippen LogP contribution in [0.5, 0.6) is 0 Å². The van der Waals surface area contributed by atoms with Gasteiger partial charge < -0.3 is 5.73 Å². The Morgan fingerprint density at radius 1 is 1.36 bits per heavy atom. The summed E-state index contributed by atoms with van der Waals surface area (Å²) in [5.41, 5.74) is 5.17.